The topological polar surface area (TPSA) is 55.1 Å². The van der Waals surface area contributed by atoms with Gasteiger partial charge in [0.05, 0.1) is 5.69 Å². The molecule has 1 heterocycles. The normalized spacial score (nSPS) is 11.4. The molecule has 0 bridgehead atoms. The lowest BCUT2D eigenvalue weighted by molar-refractivity contribution is -0.114. The summed E-state index contributed by atoms with van der Waals surface area (Å²) in [6.07, 6.45) is 0. The van der Waals surface area contributed by atoms with Crippen molar-refractivity contribution in [2.24, 2.45) is 0 Å². The van der Waals surface area contributed by atoms with Crippen LogP contribution in [0.25, 0.3) is 0 Å². The van der Waals surface area contributed by atoms with E-state index in [1.54, 1.807) is 6.07 Å². The number of hydrogen-bond acceptors (Lipinski definition) is 3. The molecule has 1 aromatic rings. The smallest absolute Gasteiger partial charge is 0.231 e. The predicted octanol–water partition coefficient (Wildman–Crippen LogP) is 1.93. The van der Waals surface area contributed by atoms with Crippen molar-refractivity contribution in [2.75, 3.05) is 5.32 Å². The number of rotatable bonds is 1. The minimum absolute atomic E-state index is 0.0553. The number of aromatic nitrogens is 1. The zero-order chi connectivity index (χ0) is 10.1. The maximum atomic E-state index is 10.7. The summed E-state index contributed by atoms with van der Waals surface area (Å²) in [6.45, 7) is 7.52. The third kappa shape index (κ3) is 2.57. The molecule has 0 unspecified atom stereocenters. The maximum absolute atomic E-state index is 10.7. The van der Waals surface area contributed by atoms with E-state index in [-0.39, 0.29) is 11.3 Å². The van der Waals surface area contributed by atoms with Crippen LogP contribution in [0, 0.1) is 0 Å². The van der Waals surface area contributed by atoms with Gasteiger partial charge in [0.25, 0.3) is 0 Å². The van der Waals surface area contributed by atoms with Gasteiger partial charge in [0, 0.05) is 18.4 Å². The van der Waals surface area contributed by atoms with Crippen LogP contribution in [0.2, 0.25) is 0 Å². The van der Waals surface area contributed by atoms with E-state index < -0.39 is 0 Å². The Bertz CT molecular complexity index is 310. The third-order valence-electron chi connectivity index (χ3n) is 1.58. The van der Waals surface area contributed by atoms with E-state index in [9.17, 15) is 4.79 Å². The van der Waals surface area contributed by atoms with Crippen LogP contribution in [0.1, 0.15) is 33.4 Å². The Morgan fingerprint density at radius 3 is 2.54 bits per heavy atom. The lowest BCUT2D eigenvalue weighted by Gasteiger charge is -2.12. The van der Waals surface area contributed by atoms with Crippen molar-refractivity contribution >= 4 is 11.8 Å². The highest BCUT2D eigenvalue weighted by Gasteiger charge is 2.18. The molecule has 13 heavy (non-hydrogen) atoms. The molecule has 1 N–H and O–H groups in total. The van der Waals surface area contributed by atoms with E-state index in [2.05, 4.69) is 10.5 Å². The highest BCUT2D eigenvalue weighted by molar-refractivity contribution is 5.87. The number of amides is 1. The van der Waals surface area contributed by atoms with E-state index in [4.69, 9.17) is 4.52 Å². The maximum Gasteiger partial charge on any atom is 0.231 e. The van der Waals surface area contributed by atoms with E-state index >= 15 is 0 Å². The van der Waals surface area contributed by atoms with Crippen LogP contribution in [0.15, 0.2) is 10.6 Å². The van der Waals surface area contributed by atoms with E-state index in [1.807, 2.05) is 20.8 Å². The number of carbonyl (C=O) groups excluding carboxylic acids is 1. The highest BCUT2D eigenvalue weighted by atomic mass is 16.5. The molecule has 0 aliphatic heterocycles. The Balaban J connectivity index is 2.81. The summed E-state index contributed by atoms with van der Waals surface area (Å²) in [4.78, 5) is 10.7. The number of anilines is 1. The highest BCUT2D eigenvalue weighted by Crippen LogP contribution is 2.23. The molecular weight excluding hydrogens is 168 g/mol. The fourth-order valence-corrected chi connectivity index (χ4v) is 0.861. The fourth-order valence-electron chi connectivity index (χ4n) is 0.861. The molecule has 0 atom stereocenters. The van der Waals surface area contributed by atoms with Crippen LogP contribution in [-0.2, 0) is 10.2 Å². The molecule has 0 aliphatic rings. The summed E-state index contributed by atoms with van der Waals surface area (Å²) in [6, 6.07) is 1.74. The van der Waals surface area contributed by atoms with Gasteiger partial charge in [-0.2, -0.15) is 0 Å². The Hall–Kier alpha value is -1.32. The van der Waals surface area contributed by atoms with Crippen LogP contribution in [0.5, 0.6) is 0 Å². The van der Waals surface area contributed by atoms with Gasteiger partial charge in [-0.1, -0.05) is 25.9 Å². The van der Waals surface area contributed by atoms with Crippen LogP contribution in [0.4, 0.5) is 5.88 Å². The largest absolute Gasteiger partial charge is 0.338 e. The van der Waals surface area contributed by atoms with Gasteiger partial charge < -0.3 is 4.52 Å². The summed E-state index contributed by atoms with van der Waals surface area (Å²) in [5.74, 6) is 0.244. The summed E-state index contributed by atoms with van der Waals surface area (Å²) >= 11 is 0. The number of carbonyl (C=O) groups is 1. The average molecular weight is 182 g/mol. The molecular formula is C9H14N2O2. The quantitative estimate of drug-likeness (QED) is 0.722. The van der Waals surface area contributed by atoms with Gasteiger partial charge in [-0.15, -0.1) is 0 Å². The Morgan fingerprint density at radius 2 is 2.15 bits per heavy atom. The molecule has 1 rings (SSSR count). The standard InChI is InChI=1S/C9H14N2O2/c1-6(12)10-8-5-7(11-13-8)9(2,3)4/h5H,1-4H3,(H,10,12). The van der Waals surface area contributed by atoms with Gasteiger partial charge in [-0.25, -0.2) is 0 Å². The van der Waals surface area contributed by atoms with Gasteiger partial charge in [-0.05, 0) is 0 Å². The Labute approximate surface area is 77.3 Å². The SMILES string of the molecule is CC(=O)Nc1cc(C(C)(C)C)no1. The molecule has 1 aromatic heterocycles. The van der Waals surface area contributed by atoms with Gasteiger partial charge in [-0.3, -0.25) is 10.1 Å². The monoisotopic (exact) mass is 182 g/mol. The van der Waals surface area contributed by atoms with E-state index in [1.165, 1.54) is 6.92 Å². The summed E-state index contributed by atoms with van der Waals surface area (Å²) < 4.78 is 4.92. The van der Waals surface area contributed by atoms with Crippen molar-refractivity contribution in [3.8, 4) is 0 Å². The second kappa shape index (κ2) is 3.20. The molecule has 4 nitrogen and oxygen atoms in total. The van der Waals surface area contributed by atoms with Crippen molar-refractivity contribution in [1.29, 1.82) is 0 Å². The lowest BCUT2D eigenvalue weighted by Crippen LogP contribution is -2.11. The van der Waals surface area contributed by atoms with Crippen molar-refractivity contribution < 1.29 is 9.32 Å². The van der Waals surface area contributed by atoms with Crippen LogP contribution in [-0.4, -0.2) is 11.1 Å². The van der Waals surface area contributed by atoms with Crippen molar-refractivity contribution in [1.82, 2.24) is 5.16 Å². The third-order valence-corrected chi connectivity index (χ3v) is 1.58. The molecule has 0 fully saturated rings. The van der Waals surface area contributed by atoms with Gasteiger partial charge >= 0.3 is 0 Å². The summed E-state index contributed by atoms with van der Waals surface area (Å²) in [5.41, 5.74) is 0.775. The first kappa shape index (κ1) is 9.77. The summed E-state index contributed by atoms with van der Waals surface area (Å²) in [7, 11) is 0. The zero-order valence-corrected chi connectivity index (χ0v) is 8.34. The van der Waals surface area contributed by atoms with Crippen molar-refractivity contribution in [2.45, 2.75) is 33.1 Å². The molecule has 0 spiro atoms. The molecule has 0 radical (unpaired) electrons. The van der Waals surface area contributed by atoms with Gasteiger partial charge in [0.15, 0.2) is 0 Å². The first-order chi connectivity index (χ1) is 5.89. The molecule has 0 aliphatic carbocycles. The second-order valence-electron chi connectivity index (χ2n) is 4.01. The lowest BCUT2D eigenvalue weighted by atomic mass is 9.92. The molecule has 0 saturated heterocycles. The minimum atomic E-state index is -0.156. The van der Waals surface area contributed by atoms with Crippen LogP contribution in [0.3, 0.4) is 0 Å². The Morgan fingerprint density at radius 1 is 1.54 bits per heavy atom. The number of hydrogen-bond donors (Lipinski definition) is 1. The van der Waals surface area contributed by atoms with E-state index in [0.29, 0.717) is 5.88 Å². The fraction of sp³-hybridized carbons (Fsp3) is 0.556. The first-order valence-corrected chi connectivity index (χ1v) is 4.14. The molecule has 1 amide bonds. The number of nitrogens with zero attached hydrogens (tertiary/aromatic N) is 1. The molecule has 4 heteroatoms. The Kier molecular flexibility index (Phi) is 2.40. The summed E-state index contributed by atoms with van der Waals surface area (Å²) in [5, 5.41) is 6.38. The van der Waals surface area contributed by atoms with Crippen LogP contribution < -0.4 is 5.32 Å². The number of nitrogens with one attached hydrogen (secondary N) is 1. The van der Waals surface area contributed by atoms with Crippen molar-refractivity contribution in [3.05, 3.63) is 11.8 Å². The average Bonchev–Trinajstić information content (AvgIpc) is 2.32. The predicted molar refractivity (Wildman–Crippen MR) is 49.5 cm³/mol. The molecule has 0 saturated carbocycles. The van der Waals surface area contributed by atoms with E-state index in [0.717, 1.165) is 5.69 Å². The van der Waals surface area contributed by atoms with Crippen LogP contribution >= 0.6 is 0 Å². The van der Waals surface area contributed by atoms with Crippen molar-refractivity contribution in [3.63, 3.8) is 0 Å². The zero-order valence-electron chi connectivity index (χ0n) is 8.34. The molecule has 72 valence electrons. The second-order valence-corrected chi connectivity index (χ2v) is 4.01. The minimum Gasteiger partial charge on any atom is -0.338 e. The molecule has 0 aromatic carbocycles. The first-order valence-electron chi connectivity index (χ1n) is 4.14. The van der Waals surface area contributed by atoms with Gasteiger partial charge in [0.1, 0.15) is 0 Å². The van der Waals surface area contributed by atoms with Gasteiger partial charge in [0.2, 0.25) is 11.8 Å².